The number of aliphatic imine (C=N–C) groups is 2. The molecule has 0 fully saturated rings. The van der Waals surface area contributed by atoms with Crippen LogP contribution >= 0.6 is 0 Å². The Morgan fingerprint density at radius 3 is 1.62 bits per heavy atom. The van der Waals surface area contributed by atoms with Crippen molar-refractivity contribution in [3.63, 3.8) is 0 Å². The molecule has 2 heteroatoms. The van der Waals surface area contributed by atoms with E-state index in [4.69, 9.17) is 0 Å². The van der Waals surface area contributed by atoms with E-state index in [9.17, 15) is 0 Å². The number of rotatable bonds is 22. The van der Waals surface area contributed by atoms with Crippen LogP contribution in [-0.2, 0) is 6.42 Å². The van der Waals surface area contributed by atoms with E-state index in [1.54, 1.807) is 0 Å². The van der Waals surface area contributed by atoms with Crippen molar-refractivity contribution in [2.75, 3.05) is 0 Å². The van der Waals surface area contributed by atoms with E-state index in [1.165, 1.54) is 121 Å². The van der Waals surface area contributed by atoms with Crippen molar-refractivity contribution in [3.8, 4) is 0 Å². The molecule has 190 valence electrons. The van der Waals surface area contributed by atoms with Crippen molar-refractivity contribution < 1.29 is 0 Å². The molecule has 2 atom stereocenters. The molecule has 2 nitrogen and oxygen atoms in total. The second kappa shape index (κ2) is 19.7. The highest BCUT2D eigenvalue weighted by Crippen LogP contribution is 2.37. The molecule has 0 spiro atoms. The molecule has 1 heterocycles. The molecule has 1 aliphatic rings. The van der Waals surface area contributed by atoms with Crippen LogP contribution in [0.1, 0.15) is 135 Å². The zero-order valence-corrected chi connectivity index (χ0v) is 22.5. The van der Waals surface area contributed by atoms with Crippen LogP contribution in [0.4, 0.5) is 0 Å². The zero-order chi connectivity index (χ0) is 24.1. The summed E-state index contributed by atoms with van der Waals surface area (Å²) in [7, 11) is 0. The van der Waals surface area contributed by atoms with Gasteiger partial charge >= 0.3 is 0 Å². The molecular formula is C32H53N2+. The maximum atomic E-state index is 4.68. The van der Waals surface area contributed by atoms with Crippen molar-refractivity contribution in [1.82, 2.24) is 0 Å². The van der Waals surface area contributed by atoms with Gasteiger partial charge in [0, 0.05) is 0 Å². The van der Waals surface area contributed by atoms with Gasteiger partial charge in [-0.3, -0.25) is 0 Å². The van der Waals surface area contributed by atoms with Crippen molar-refractivity contribution in [3.05, 3.63) is 42.1 Å². The van der Waals surface area contributed by atoms with Crippen LogP contribution in [-0.4, -0.2) is 12.4 Å². The molecule has 1 aliphatic heterocycles. The summed E-state index contributed by atoms with van der Waals surface area (Å²) in [5.41, 5.74) is 1.47. The van der Waals surface area contributed by atoms with Gasteiger partial charge in [0.15, 0.2) is 12.4 Å². The lowest BCUT2D eigenvalue weighted by Gasteiger charge is -2.26. The molecule has 0 aromatic heterocycles. The molecule has 1 aromatic rings. The zero-order valence-electron chi connectivity index (χ0n) is 22.5. The van der Waals surface area contributed by atoms with Gasteiger partial charge in [-0.15, -0.1) is 0 Å². The van der Waals surface area contributed by atoms with Crippen LogP contribution in [0.15, 0.2) is 40.3 Å². The summed E-state index contributed by atoms with van der Waals surface area (Å²) in [6.45, 7) is 4.59. The molecule has 0 aliphatic carbocycles. The molecule has 0 amide bonds. The Morgan fingerprint density at radius 2 is 1.06 bits per heavy atom. The van der Waals surface area contributed by atoms with E-state index in [2.05, 4.69) is 54.2 Å². The van der Waals surface area contributed by atoms with E-state index in [1.807, 2.05) is 12.4 Å². The first-order chi connectivity index (χ1) is 16.8. The van der Waals surface area contributed by atoms with Crippen molar-refractivity contribution in [2.24, 2.45) is 21.8 Å². The first-order valence-corrected chi connectivity index (χ1v) is 14.8. The van der Waals surface area contributed by atoms with E-state index in [0.29, 0.717) is 11.8 Å². The fourth-order valence-electron chi connectivity index (χ4n) is 5.42. The lowest BCUT2D eigenvalue weighted by molar-refractivity contribution is 0.284. The molecule has 0 saturated carbocycles. The molecule has 2 unspecified atom stereocenters. The SMILES string of the molecule is CCCCCCCCCCCCCCC(Cc1ccccc1)C(CCCCCC)[C+]1N=CC=N1. The van der Waals surface area contributed by atoms with Gasteiger partial charge in [-0.1, -0.05) is 157 Å². The second-order valence-corrected chi connectivity index (χ2v) is 10.5. The Morgan fingerprint density at radius 1 is 0.588 bits per heavy atom. The third-order valence-corrected chi connectivity index (χ3v) is 7.52. The van der Waals surface area contributed by atoms with Gasteiger partial charge in [-0.2, -0.15) is 0 Å². The lowest BCUT2D eigenvalue weighted by atomic mass is 9.78. The lowest BCUT2D eigenvalue weighted by Crippen LogP contribution is -2.22. The minimum atomic E-state index is 0.500. The van der Waals surface area contributed by atoms with Gasteiger partial charge in [0.2, 0.25) is 6.17 Å². The van der Waals surface area contributed by atoms with E-state index >= 15 is 0 Å². The Hall–Kier alpha value is -1.57. The number of hydrogen-bond donors (Lipinski definition) is 0. The van der Waals surface area contributed by atoms with Gasteiger partial charge in [-0.25, -0.2) is 0 Å². The third-order valence-electron chi connectivity index (χ3n) is 7.52. The van der Waals surface area contributed by atoms with Crippen molar-refractivity contribution in [1.29, 1.82) is 0 Å². The summed E-state index contributed by atoms with van der Waals surface area (Å²) in [6.07, 6.45) is 30.8. The fraction of sp³-hybridized carbons (Fsp3) is 0.719. The predicted molar refractivity (Wildman–Crippen MR) is 152 cm³/mol. The number of benzene rings is 1. The highest BCUT2D eigenvalue weighted by Gasteiger charge is 2.35. The quantitative estimate of drug-likeness (QED) is 0.120. The van der Waals surface area contributed by atoms with Crippen LogP contribution < -0.4 is 0 Å². The Balaban J connectivity index is 1.76. The molecule has 2 rings (SSSR count). The monoisotopic (exact) mass is 465 g/mol. The smallest absolute Gasteiger partial charge is 0.0965 e. The summed E-state index contributed by atoms with van der Waals surface area (Å²) in [5.74, 6) is 1.15. The highest BCUT2D eigenvalue weighted by atomic mass is 15.0. The fourth-order valence-corrected chi connectivity index (χ4v) is 5.42. The van der Waals surface area contributed by atoms with Crippen molar-refractivity contribution >= 4 is 12.4 Å². The van der Waals surface area contributed by atoms with E-state index in [-0.39, 0.29) is 0 Å². The maximum Gasteiger partial charge on any atom is 0.244 e. The average molecular weight is 466 g/mol. The van der Waals surface area contributed by atoms with Crippen molar-refractivity contribution in [2.45, 2.75) is 136 Å². The second-order valence-electron chi connectivity index (χ2n) is 10.5. The van der Waals surface area contributed by atoms with Gasteiger partial charge in [0.05, 0.1) is 5.92 Å². The topological polar surface area (TPSA) is 24.7 Å². The summed E-state index contributed by atoms with van der Waals surface area (Å²) in [6, 6.07) is 11.1. The highest BCUT2D eigenvalue weighted by molar-refractivity contribution is 6.18. The molecule has 1 aromatic carbocycles. The van der Waals surface area contributed by atoms with E-state index < -0.39 is 0 Å². The summed E-state index contributed by atoms with van der Waals surface area (Å²) >= 11 is 0. The molecule has 0 bridgehead atoms. The summed E-state index contributed by atoms with van der Waals surface area (Å²) < 4.78 is 0. The van der Waals surface area contributed by atoms with E-state index in [0.717, 1.165) is 12.6 Å². The van der Waals surface area contributed by atoms with Gasteiger partial charge in [-0.05, 0) is 30.7 Å². The molecule has 34 heavy (non-hydrogen) atoms. The minimum Gasteiger partial charge on any atom is -0.0965 e. The number of unbranched alkanes of at least 4 members (excludes halogenated alkanes) is 14. The van der Waals surface area contributed by atoms with Crippen LogP contribution in [0.25, 0.3) is 0 Å². The maximum absolute atomic E-state index is 4.68. The van der Waals surface area contributed by atoms with Crippen LogP contribution in [0.5, 0.6) is 0 Å². The van der Waals surface area contributed by atoms with Gasteiger partial charge < -0.3 is 0 Å². The van der Waals surface area contributed by atoms with Gasteiger partial charge in [0.1, 0.15) is 0 Å². The summed E-state index contributed by atoms with van der Waals surface area (Å²) in [4.78, 5) is 9.35. The van der Waals surface area contributed by atoms with Crippen LogP contribution in [0, 0.1) is 18.0 Å². The van der Waals surface area contributed by atoms with Crippen LogP contribution in [0.2, 0.25) is 0 Å². The van der Waals surface area contributed by atoms with Crippen LogP contribution in [0.3, 0.4) is 0 Å². The Labute approximate surface area is 212 Å². The molecule has 0 N–H and O–H groups in total. The average Bonchev–Trinajstić information content (AvgIpc) is 3.39. The number of nitrogens with zero attached hydrogens (tertiary/aromatic N) is 2. The predicted octanol–water partition coefficient (Wildman–Crippen LogP) is 10.2. The Kier molecular flexibility index (Phi) is 16.6. The molecular weight excluding hydrogens is 412 g/mol. The third kappa shape index (κ3) is 12.8. The summed E-state index contributed by atoms with van der Waals surface area (Å²) in [5, 5.41) is 0. The standard InChI is InChI=1S/C32H53N2/c1-3-5-7-9-10-11-12-13-14-15-16-20-24-30(28-29-22-18-17-19-23-29)31(25-21-8-6-4-2)32-33-26-27-34-32/h17-19,22-23,26-27,30-31H,3-16,20-21,24-25,28H2,1-2H3/q+1. The molecule has 0 saturated heterocycles. The van der Waals surface area contributed by atoms with Gasteiger partial charge in [0.25, 0.3) is 0 Å². The first kappa shape index (κ1) is 28.7. The Bertz CT molecular complexity index is 624. The number of hydrogen-bond acceptors (Lipinski definition) is 2. The largest absolute Gasteiger partial charge is 0.244 e. The minimum absolute atomic E-state index is 0.500. The normalized spacial score (nSPS) is 14.7. The first-order valence-electron chi connectivity index (χ1n) is 14.8. The molecule has 0 radical (unpaired) electrons.